The van der Waals surface area contributed by atoms with Crippen molar-refractivity contribution in [2.75, 3.05) is 0 Å². The first-order chi connectivity index (χ1) is 3.18. The van der Waals surface area contributed by atoms with Crippen molar-refractivity contribution < 1.29 is 0 Å². The minimum absolute atomic E-state index is 0.144. The van der Waals surface area contributed by atoms with Crippen molar-refractivity contribution in [1.29, 1.82) is 0 Å². The minimum atomic E-state index is 0.144. The maximum atomic E-state index is 5.49. The van der Waals surface area contributed by atoms with Gasteiger partial charge in [0, 0.05) is 0 Å². The molecule has 2 atom stereocenters. The van der Waals surface area contributed by atoms with Crippen LogP contribution in [0.3, 0.4) is 0 Å². The third-order valence-electron chi connectivity index (χ3n) is 1.15. The van der Waals surface area contributed by atoms with Gasteiger partial charge in [-0.3, -0.25) is 0 Å². The number of hydrogen-bond donors (Lipinski definition) is 0. The highest BCUT2D eigenvalue weighted by molar-refractivity contribution is 6.20. The van der Waals surface area contributed by atoms with Gasteiger partial charge in [-0.15, -0.1) is 0 Å². The fourth-order valence-electron chi connectivity index (χ4n) is 0.372. The molecule has 0 saturated heterocycles. The summed E-state index contributed by atoms with van der Waals surface area (Å²) in [5, 5.41) is 0. The smallest absolute Gasteiger partial charge is 0.0692 e. The molecule has 0 fully saturated rings. The molecule has 36 valence electrons. The summed E-state index contributed by atoms with van der Waals surface area (Å²) in [6, 6.07) is 0. The first kappa shape index (κ1) is 7.13. The zero-order valence-corrected chi connectivity index (χ0v) is 5.02. The van der Waals surface area contributed by atoms with E-state index in [0.717, 1.165) is 6.42 Å². The fourth-order valence-corrected chi connectivity index (χ4v) is 0.372. The molecule has 0 rings (SSSR count). The van der Waals surface area contributed by atoms with Gasteiger partial charge in [0.1, 0.15) is 0 Å². The molecule has 0 N–H and O–H groups in total. The molecule has 7 heavy (non-hydrogen) atoms. The molecule has 0 amide bonds. The molecule has 0 saturated carbocycles. The Labute approximate surface area is 48.5 Å². The zero-order valence-electron chi connectivity index (χ0n) is 5.02. The Balaban J connectivity index is 3.14. The minimum Gasteiger partial charge on any atom is -0.0850 e. The van der Waals surface area contributed by atoms with E-state index in [4.69, 9.17) is 15.7 Å². The molecule has 0 aliphatic heterocycles. The summed E-state index contributed by atoms with van der Waals surface area (Å²) in [6.07, 6.45) is 0.970. The Bertz CT molecular complexity index is 43.3. The van der Waals surface area contributed by atoms with Gasteiger partial charge in [0.25, 0.3) is 0 Å². The fraction of sp³-hybridized carbons (Fsp3) is 1.00. The van der Waals surface area contributed by atoms with E-state index in [0.29, 0.717) is 0 Å². The summed E-state index contributed by atoms with van der Waals surface area (Å²) in [5.41, 5.74) is 0. The van der Waals surface area contributed by atoms with Gasteiger partial charge < -0.3 is 0 Å². The maximum Gasteiger partial charge on any atom is 0.0692 e. The molecule has 0 nitrogen and oxygen atoms in total. The van der Waals surface area contributed by atoms with Gasteiger partial charge >= 0.3 is 0 Å². The lowest BCUT2D eigenvalue weighted by atomic mass is 9.67. The Kier molecular flexibility index (Phi) is 3.23. The lowest BCUT2D eigenvalue weighted by Gasteiger charge is -2.11. The SMILES string of the molecule is [B]C(C)C([B])CC. The summed E-state index contributed by atoms with van der Waals surface area (Å²) in [6.45, 7) is 3.96. The Hall–Kier alpha value is 0.130. The lowest BCUT2D eigenvalue weighted by molar-refractivity contribution is 0.766. The second-order valence-electron chi connectivity index (χ2n) is 1.93. The van der Waals surface area contributed by atoms with Gasteiger partial charge in [-0.1, -0.05) is 31.9 Å². The molecule has 0 aliphatic carbocycles. The van der Waals surface area contributed by atoms with Crippen molar-refractivity contribution in [3.05, 3.63) is 0 Å². The lowest BCUT2D eigenvalue weighted by Crippen LogP contribution is -1.96. The summed E-state index contributed by atoms with van der Waals surface area (Å²) in [7, 11) is 10.9. The van der Waals surface area contributed by atoms with Crippen LogP contribution in [0.15, 0.2) is 0 Å². The molecule has 0 spiro atoms. The Morgan fingerprint density at radius 2 is 1.86 bits per heavy atom. The predicted molar refractivity (Wildman–Crippen MR) is 35.0 cm³/mol. The maximum absolute atomic E-state index is 5.49. The van der Waals surface area contributed by atoms with Crippen molar-refractivity contribution in [3.63, 3.8) is 0 Å². The second-order valence-corrected chi connectivity index (χ2v) is 1.93. The van der Waals surface area contributed by atoms with Gasteiger partial charge in [0.15, 0.2) is 0 Å². The molecule has 2 heteroatoms. The van der Waals surface area contributed by atoms with E-state index in [1.54, 1.807) is 0 Å². The molecular weight excluding hydrogens is 81.7 g/mol. The van der Waals surface area contributed by atoms with Crippen LogP contribution >= 0.6 is 0 Å². The average Bonchev–Trinajstić information content (AvgIpc) is 1.65. The van der Waals surface area contributed by atoms with E-state index >= 15 is 0 Å². The molecule has 0 heterocycles. The first-order valence-corrected chi connectivity index (χ1v) is 2.69. The third kappa shape index (κ3) is 2.78. The van der Waals surface area contributed by atoms with Gasteiger partial charge in [-0.2, -0.15) is 0 Å². The molecule has 4 radical (unpaired) electrons. The van der Waals surface area contributed by atoms with Crippen LogP contribution in [0.25, 0.3) is 0 Å². The molecule has 0 aromatic heterocycles. The van der Waals surface area contributed by atoms with Gasteiger partial charge in [0.05, 0.1) is 15.7 Å². The van der Waals surface area contributed by atoms with E-state index in [9.17, 15) is 0 Å². The van der Waals surface area contributed by atoms with Crippen molar-refractivity contribution in [1.82, 2.24) is 0 Å². The Morgan fingerprint density at radius 3 is 1.86 bits per heavy atom. The van der Waals surface area contributed by atoms with Crippen molar-refractivity contribution in [2.24, 2.45) is 0 Å². The summed E-state index contributed by atoms with van der Waals surface area (Å²) in [4.78, 5) is 0. The van der Waals surface area contributed by atoms with E-state index in [-0.39, 0.29) is 11.6 Å². The zero-order chi connectivity index (χ0) is 5.86. The van der Waals surface area contributed by atoms with Crippen molar-refractivity contribution in [3.8, 4) is 0 Å². The predicted octanol–water partition coefficient (Wildman–Crippen LogP) is 1.33. The molecule has 0 aromatic carbocycles. The summed E-state index contributed by atoms with van der Waals surface area (Å²) in [5.74, 6) is 0.324. The Morgan fingerprint density at radius 1 is 1.43 bits per heavy atom. The van der Waals surface area contributed by atoms with E-state index in [2.05, 4.69) is 0 Å². The van der Waals surface area contributed by atoms with Crippen LogP contribution in [0.5, 0.6) is 0 Å². The second kappa shape index (κ2) is 3.17. The van der Waals surface area contributed by atoms with E-state index < -0.39 is 0 Å². The van der Waals surface area contributed by atoms with Crippen LogP contribution in [-0.2, 0) is 0 Å². The van der Waals surface area contributed by atoms with Crippen LogP contribution in [0.2, 0.25) is 11.6 Å². The molecular formula is C5H10B2. The first-order valence-electron chi connectivity index (χ1n) is 2.69. The topological polar surface area (TPSA) is 0 Å². The van der Waals surface area contributed by atoms with Crippen LogP contribution in [0.4, 0.5) is 0 Å². The highest BCUT2D eigenvalue weighted by Gasteiger charge is 2.00. The van der Waals surface area contributed by atoms with E-state index in [1.807, 2.05) is 13.8 Å². The van der Waals surface area contributed by atoms with Gasteiger partial charge in [-0.05, 0) is 0 Å². The van der Waals surface area contributed by atoms with Crippen molar-refractivity contribution >= 4 is 15.7 Å². The summed E-state index contributed by atoms with van der Waals surface area (Å²) < 4.78 is 0. The summed E-state index contributed by atoms with van der Waals surface area (Å²) >= 11 is 0. The van der Waals surface area contributed by atoms with Crippen LogP contribution in [0, 0.1) is 0 Å². The van der Waals surface area contributed by atoms with Crippen LogP contribution in [-0.4, -0.2) is 15.7 Å². The molecule has 0 aromatic rings. The molecule has 0 bridgehead atoms. The van der Waals surface area contributed by atoms with E-state index in [1.165, 1.54) is 0 Å². The quantitative estimate of drug-likeness (QED) is 0.450. The van der Waals surface area contributed by atoms with Crippen LogP contribution < -0.4 is 0 Å². The number of hydrogen-bond acceptors (Lipinski definition) is 0. The van der Waals surface area contributed by atoms with Gasteiger partial charge in [0.2, 0.25) is 0 Å². The highest BCUT2D eigenvalue weighted by atomic mass is 13.9. The molecule has 2 unspecified atom stereocenters. The normalized spacial score (nSPS) is 18.6. The van der Waals surface area contributed by atoms with Gasteiger partial charge in [-0.25, -0.2) is 0 Å². The average molecular weight is 91.8 g/mol. The number of rotatable bonds is 2. The van der Waals surface area contributed by atoms with Crippen LogP contribution in [0.1, 0.15) is 20.3 Å². The molecule has 0 aliphatic rings. The monoisotopic (exact) mass is 92.1 g/mol. The highest BCUT2D eigenvalue weighted by Crippen LogP contribution is 2.18. The largest absolute Gasteiger partial charge is 0.0850 e. The van der Waals surface area contributed by atoms with Crippen molar-refractivity contribution in [2.45, 2.75) is 31.9 Å². The standard InChI is InChI=1S/C5H10B2/c1-3-5(7)4(2)6/h4-5H,3H2,1-2H3. The third-order valence-corrected chi connectivity index (χ3v) is 1.15.